The van der Waals surface area contributed by atoms with Crippen molar-refractivity contribution in [2.45, 2.75) is 58.2 Å². The Morgan fingerprint density at radius 1 is 0.977 bits per heavy atom. The first-order valence-electron chi connectivity index (χ1n) is 14.6. The number of rotatable bonds is 13. The molecule has 0 saturated carbocycles. The number of anilines is 1. The fraction of sp³-hybridized carbons (Fsp3) is 0.344. The number of hydrogen-bond acceptors (Lipinski definition) is 6. The molecule has 12 heteroatoms. The summed E-state index contributed by atoms with van der Waals surface area (Å²) in [6.45, 7) is 10.1. The Balaban J connectivity index is 1.73. The Morgan fingerprint density at radius 2 is 1.66 bits per heavy atom. The molecule has 0 bridgehead atoms. The zero-order valence-electron chi connectivity index (χ0n) is 25.7. The molecule has 0 aromatic heterocycles. The van der Waals surface area contributed by atoms with Gasteiger partial charge in [0.25, 0.3) is 0 Å². The smallest absolute Gasteiger partial charge is 0.429 e. The molecule has 3 aromatic rings. The van der Waals surface area contributed by atoms with Crippen molar-refractivity contribution < 1.29 is 22.7 Å². The molecule has 0 aliphatic heterocycles. The van der Waals surface area contributed by atoms with Gasteiger partial charge in [-0.25, -0.2) is 23.1 Å². The number of nitrogens with one attached hydrogen (secondary N) is 1. The number of carbonyl (C=O) groups excluding carboxylic acids is 2. The van der Waals surface area contributed by atoms with E-state index in [4.69, 9.17) is 15.6 Å². The number of amides is 3. The van der Waals surface area contributed by atoms with E-state index in [9.17, 15) is 18.0 Å². The van der Waals surface area contributed by atoms with E-state index >= 15 is 0 Å². The van der Waals surface area contributed by atoms with Gasteiger partial charge in [-0.2, -0.15) is 4.99 Å². The molecule has 0 fully saturated rings. The SMILES string of the molecule is CCCCN(Cc1cccc(C(N)=NC(=O)OC(C)N(CC)CC)c1)C(=O)Nc1ccc(-c2ccccc2S(N)(=O)=O)cc1. The molecule has 0 heterocycles. The van der Waals surface area contributed by atoms with Gasteiger partial charge in [-0.15, -0.1) is 0 Å². The second kappa shape index (κ2) is 16.0. The van der Waals surface area contributed by atoms with Gasteiger partial charge >= 0.3 is 12.1 Å². The van der Waals surface area contributed by atoms with E-state index in [1.54, 1.807) is 72.5 Å². The monoisotopic (exact) mass is 622 g/mol. The maximum absolute atomic E-state index is 13.3. The maximum atomic E-state index is 13.3. The third-order valence-electron chi connectivity index (χ3n) is 7.12. The van der Waals surface area contributed by atoms with Crippen LogP contribution in [-0.4, -0.2) is 62.0 Å². The van der Waals surface area contributed by atoms with Crippen LogP contribution in [0.4, 0.5) is 15.3 Å². The largest absolute Gasteiger partial charge is 0.437 e. The first kappa shape index (κ1) is 34.2. The second-order valence-electron chi connectivity index (χ2n) is 10.2. The summed E-state index contributed by atoms with van der Waals surface area (Å²) >= 11 is 0. The summed E-state index contributed by atoms with van der Waals surface area (Å²) in [5.74, 6) is 0.0252. The van der Waals surface area contributed by atoms with Gasteiger partial charge in [-0.1, -0.05) is 75.7 Å². The fourth-order valence-electron chi connectivity index (χ4n) is 4.69. The van der Waals surface area contributed by atoms with Crippen molar-refractivity contribution in [3.8, 4) is 11.1 Å². The number of carbonyl (C=O) groups is 2. The van der Waals surface area contributed by atoms with E-state index in [1.807, 2.05) is 31.7 Å². The van der Waals surface area contributed by atoms with Gasteiger partial charge in [0.2, 0.25) is 10.0 Å². The highest BCUT2D eigenvalue weighted by atomic mass is 32.2. The summed E-state index contributed by atoms with van der Waals surface area (Å²) in [6, 6.07) is 20.3. The van der Waals surface area contributed by atoms with Crippen LogP contribution >= 0.6 is 0 Å². The number of urea groups is 1. The summed E-state index contributed by atoms with van der Waals surface area (Å²) in [5.41, 5.74) is 9.18. The van der Waals surface area contributed by atoms with Gasteiger partial charge in [0, 0.05) is 29.9 Å². The molecule has 3 aromatic carbocycles. The summed E-state index contributed by atoms with van der Waals surface area (Å²) in [5, 5.41) is 8.31. The van der Waals surface area contributed by atoms with Gasteiger partial charge in [-0.3, -0.25) is 4.90 Å². The Bertz CT molecular complexity index is 1560. The minimum absolute atomic E-state index is 0.0252. The highest BCUT2D eigenvalue weighted by Gasteiger charge is 2.18. The van der Waals surface area contributed by atoms with Crippen molar-refractivity contribution in [1.82, 2.24) is 9.80 Å². The van der Waals surface area contributed by atoms with Gasteiger partial charge in [0.15, 0.2) is 6.23 Å². The van der Waals surface area contributed by atoms with Crippen LogP contribution in [-0.2, 0) is 21.3 Å². The van der Waals surface area contributed by atoms with E-state index in [0.29, 0.717) is 35.5 Å². The van der Waals surface area contributed by atoms with Crippen LogP contribution in [0.1, 0.15) is 51.7 Å². The van der Waals surface area contributed by atoms with E-state index in [-0.39, 0.29) is 16.8 Å². The first-order chi connectivity index (χ1) is 21.0. The zero-order valence-corrected chi connectivity index (χ0v) is 26.5. The molecular weight excluding hydrogens is 580 g/mol. The number of primary sulfonamides is 1. The van der Waals surface area contributed by atoms with Crippen LogP contribution in [0.15, 0.2) is 82.7 Å². The molecule has 0 aliphatic carbocycles. The van der Waals surface area contributed by atoms with Crippen molar-refractivity contribution in [2.75, 3.05) is 25.0 Å². The molecule has 0 radical (unpaired) electrons. The lowest BCUT2D eigenvalue weighted by atomic mass is 10.1. The molecule has 5 N–H and O–H groups in total. The Morgan fingerprint density at radius 3 is 2.30 bits per heavy atom. The van der Waals surface area contributed by atoms with Gasteiger partial charge in [0.05, 0.1) is 4.90 Å². The molecule has 0 spiro atoms. The maximum Gasteiger partial charge on any atom is 0.437 e. The molecule has 0 aliphatic rings. The Hall–Kier alpha value is -4.26. The molecule has 1 unspecified atom stereocenters. The quantitative estimate of drug-likeness (QED) is 0.131. The molecule has 1 atom stereocenters. The van der Waals surface area contributed by atoms with Crippen LogP contribution in [0.25, 0.3) is 11.1 Å². The highest BCUT2D eigenvalue weighted by molar-refractivity contribution is 7.89. The van der Waals surface area contributed by atoms with E-state index < -0.39 is 22.3 Å². The second-order valence-corrected chi connectivity index (χ2v) is 11.8. The number of hydrogen-bond donors (Lipinski definition) is 3. The Kier molecular flexibility index (Phi) is 12.4. The topological polar surface area (TPSA) is 160 Å². The van der Waals surface area contributed by atoms with Crippen LogP contribution in [0.5, 0.6) is 0 Å². The number of benzene rings is 3. The summed E-state index contributed by atoms with van der Waals surface area (Å²) in [4.78, 5) is 33.3. The number of nitrogens with two attached hydrogens (primary N) is 2. The van der Waals surface area contributed by atoms with Crippen molar-refractivity contribution >= 4 is 33.7 Å². The lowest BCUT2D eigenvalue weighted by molar-refractivity contribution is 0.00940. The predicted molar refractivity (Wildman–Crippen MR) is 174 cm³/mol. The standard InChI is InChI=1S/C32H42N6O5S/c1-5-8-20-38(22-24-12-11-13-26(21-24)30(33)36-32(40)43-23(4)37(6-2)7-3)31(39)35-27-18-16-25(17-19-27)28-14-9-10-15-29(28)44(34,41)42/h9-19,21,23H,5-8,20,22H2,1-4H3,(H,35,39)(H2,33,36,40)(H2,34,41,42). The lowest BCUT2D eigenvalue weighted by Crippen LogP contribution is -2.36. The summed E-state index contributed by atoms with van der Waals surface area (Å²) in [7, 11) is -3.90. The van der Waals surface area contributed by atoms with Crippen molar-refractivity contribution in [3.63, 3.8) is 0 Å². The number of sulfonamides is 1. The predicted octanol–water partition coefficient (Wildman–Crippen LogP) is 5.36. The lowest BCUT2D eigenvalue weighted by Gasteiger charge is -2.25. The van der Waals surface area contributed by atoms with Crippen molar-refractivity contribution in [1.29, 1.82) is 0 Å². The third-order valence-corrected chi connectivity index (χ3v) is 8.08. The van der Waals surface area contributed by atoms with Crippen LogP contribution in [0.3, 0.4) is 0 Å². The number of ether oxygens (including phenoxy) is 1. The molecule has 236 valence electrons. The molecule has 3 amide bonds. The average molecular weight is 623 g/mol. The van der Waals surface area contributed by atoms with E-state index in [0.717, 1.165) is 31.5 Å². The normalized spacial score (nSPS) is 12.5. The number of aliphatic imine (C=N–C) groups is 1. The fourth-order valence-corrected chi connectivity index (χ4v) is 5.45. The molecule has 11 nitrogen and oxygen atoms in total. The average Bonchev–Trinajstić information content (AvgIpc) is 2.99. The number of amidine groups is 1. The number of unbranched alkanes of at least 4 members (excludes halogenated alkanes) is 1. The van der Waals surface area contributed by atoms with Crippen molar-refractivity contribution in [3.05, 3.63) is 83.9 Å². The van der Waals surface area contributed by atoms with Crippen molar-refractivity contribution in [2.24, 2.45) is 15.9 Å². The van der Waals surface area contributed by atoms with Gasteiger partial charge < -0.3 is 20.7 Å². The van der Waals surface area contributed by atoms with E-state index in [2.05, 4.69) is 10.3 Å². The Labute approximate surface area is 259 Å². The molecular formula is C32H42N6O5S. The van der Waals surface area contributed by atoms with Crippen LogP contribution in [0.2, 0.25) is 0 Å². The van der Waals surface area contributed by atoms with Gasteiger partial charge in [-0.05, 0) is 61.8 Å². The molecule has 44 heavy (non-hydrogen) atoms. The molecule has 3 rings (SSSR count). The number of nitrogens with zero attached hydrogens (tertiary/aromatic N) is 3. The third kappa shape index (κ3) is 9.63. The van der Waals surface area contributed by atoms with Gasteiger partial charge in [0.1, 0.15) is 5.84 Å². The minimum Gasteiger partial charge on any atom is -0.429 e. The van der Waals surface area contributed by atoms with Crippen LogP contribution < -0.4 is 16.2 Å². The highest BCUT2D eigenvalue weighted by Crippen LogP contribution is 2.27. The summed E-state index contributed by atoms with van der Waals surface area (Å²) in [6.07, 6.45) is 0.502. The summed E-state index contributed by atoms with van der Waals surface area (Å²) < 4.78 is 29.4. The first-order valence-corrected chi connectivity index (χ1v) is 16.2. The minimum atomic E-state index is -3.90. The van der Waals surface area contributed by atoms with Crippen LogP contribution in [0, 0.1) is 0 Å². The molecule has 0 saturated heterocycles. The zero-order chi connectivity index (χ0) is 32.3. The van der Waals surface area contributed by atoms with E-state index in [1.165, 1.54) is 6.07 Å².